The molecule has 1 N–H and O–H groups in total. The Morgan fingerprint density at radius 2 is 1.89 bits per heavy atom. The molecule has 0 radical (unpaired) electrons. The molecule has 1 aromatic heterocycles. The highest BCUT2D eigenvalue weighted by atomic mass is 16.5. The first-order valence-electron chi connectivity index (χ1n) is 9.58. The second-order valence-electron chi connectivity index (χ2n) is 6.89. The molecule has 1 fully saturated rings. The molecule has 4 rings (SSSR count). The highest BCUT2D eigenvalue weighted by Gasteiger charge is 2.25. The maximum absolute atomic E-state index is 12.9. The van der Waals surface area contributed by atoms with Gasteiger partial charge in [-0.05, 0) is 36.6 Å². The Morgan fingerprint density at radius 1 is 1.11 bits per heavy atom. The first-order valence-corrected chi connectivity index (χ1v) is 9.58. The van der Waals surface area contributed by atoms with Gasteiger partial charge in [0.1, 0.15) is 17.9 Å². The highest BCUT2D eigenvalue weighted by molar-refractivity contribution is 6.01. The van der Waals surface area contributed by atoms with E-state index in [1.165, 1.54) is 6.42 Å². The summed E-state index contributed by atoms with van der Waals surface area (Å²) in [6.07, 6.45) is 3.35. The number of methoxy groups -OCH3 is 1. The van der Waals surface area contributed by atoms with E-state index in [1.54, 1.807) is 19.2 Å². The molecular formula is C22H24N2O4. The summed E-state index contributed by atoms with van der Waals surface area (Å²) in [4.78, 5) is 12.9. The third-order valence-corrected chi connectivity index (χ3v) is 4.90. The van der Waals surface area contributed by atoms with Crippen molar-refractivity contribution in [1.82, 2.24) is 10.4 Å². The summed E-state index contributed by atoms with van der Waals surface area (Å²) in [5.74, 6) is 1.01. The Balaban J connectivity index is 1.64. The standard InChI is InChI=1S/C22H24N2O4/c1-26-17-10-11-19-18(14-17)20(27-15-16-8-4-2-5-9-16)21(28-19)22(25)23-24-12-6-3-7-13-24/h2,4-5,8-11,14H,3,6-7,12-13,15H2,1H3,(H,23,25). The predicted molar refractivity (Wildman–Crippen MR) is 106 cm³/mol. The van der Waals surface area contributed by atoms with E-state index >= 15 is 0 Å². The topological polar surface area (TPSA) is 63.9 Å². The molecule has 1 aliphatic rings. The van der Waals surface area contributed by atoms with Crippen LogP contribution in [0.1, 0.15) is 35.4 Å². The quantitative estimate of drug-likeness (QED) is 0.696. The van der Waals surface area contributed by atoms with E-state index in [2.05, 4.69) is 5.43 Å². The Labute approximate surface area is 164 Å². The fourth-order valence-electron chi connectivity index (χ4n) is 3.40. The number of ether oxygens (including phenoxy) is 2. The molecule has 3 aromatic rings. The highest BCUT2D eigenvalue weighted by Crippen LogP contribution is 2.36. The third-order valence-electron chi connectivity index (χ3n) is 4.90. The summed E-state index contributed by atoms with van der Waals surface area (Å²) in [6, 6.07) is 15.3. The van der Waals surface area contributed by atoms with Gasteiger partial charge in [0.2, 0.25) is 5.76 Å². The second kappa shape index (κ2) is 8.35. The van der Waals surface area contributed by atoms with Gasteiger partial charge >= 0.3 is 5.91 Å². The van der Waals surface area contributed by atoms with Crippen molar-refractivity contribution in [1.29, 1.82) is 0 Å². The van der Waals surface area contributed by atoms with Crippen LogP contribution in [0, 0.1) is 0 Å². The molecule has 1 amide bonds. The zero-order valence-electron chi connectivity index (χ0n) is 15.9. The number of hydrogen-bond acceptors (Lipinski definition) is 5. The first kappa shape index (κ1) is 18.4. The zero-order chi connectivity index (χ0) is 19.3. The van der Waals surface area contributed by atoms with Gasteiger partial charge < -0.3 is 13.9 Å². The van der Waals surface area contributed by atoms with E-state index in [1.807, 2.05) is 41.4 Å². The maximum Gasteiger partial charge on any atom is 0.305 e. The third kappa shape index (κ3) is 3.97. The van der Waals surface area contributed by atoms with Crippen LogP contribution in [0.25, 0.3) is 11.0 Å². The number of fused-ring (bicyclic) bond motifs is 1. The molecular weight excluding hydrogens is 356 g/mol. The van der Waals surface area contributed by atoms with Gasteiger partial charge in [0.25, 0.3) is 0 Å². The lowest BCUT2D eigenvalue weighted by molar-refractivity contribution is 0.0717. The van der Waals surface area contributed by atoms with Gasteiger partial charge in [-0.15, -0.1) is 0 Å². The molecule has 28 heavy (non-hydrogen) atoms. The van der Waals surface area contributed by atoms with Crippen LogP contribution in [0.5, 0.6) is 11.5 Å². The fraction of sp³-hybridized carbons (Fsp3) is 0.318. The van der Waals surface area contributed by atoms with Crippen molar-refractivity contribution < 1.29 is 18.7 Å². The lowest BCUT2D eigenvalue weighted by Gasteiger charge is -2.26. The minimum Gasteiger partial charge on any atom is -0.497 e. The molecule has 146 valence electrons. The van der Waals surface area contributed by atoms with Crippen molar-refractivity contribution in [2.24, 2.45) is 0 Å². The summed E-state index contributed by atoms with van der Waals surface area (Å²) < 4.78 is 17.3. The van der Waals surface area contributed by atoms with Gasteiger partial charge in [0.05, 0.1) is 12.5 Å². The van der Waals surface area contributed by atoms with Crippen LogP contribution in [0.4, 0.5) is 0 Å². The summed E-state index contributed by atoms with van der Waals surface area (Å²) in [7, 11) is 1.61. The van der Waals surface area contributed by atoms with Crippen molar-refractivity contribution in [2.45, 2.75) is 25.9 Å². The number of hydrogen-bond donors (Lipinski definition) is 1. The number of piperidine rings is 1. The van der Waals surface area contributed by atoms with E-state index in [-0.39, 0.29) is 11.7 Å². The molecule has 0 spiro atoms. The van der Waals surface area contributed by atoms with Crippen molar-refractivity contribution in [3.8, 4) is 11.5 Å². The van der Waals surface area contributed by atoms with Gasteiger partial charge in [0, 0.05) is 13.1 Å². The van der Waals surface area contributed by atoms with E-state index in [0.717, 1.165) is 36.9 Å². The Morgan fingerprint density at radius 3 is 2.64 bits per heavy atom. The fourth-order valence-corrected chi connectivity index (χ4v) is 3.40. The number of benzene rings is 2. The van der Waals surface area contributed by atoms with E-state index in [4.69, 9.17) is 13.9 Å². The Kier molecular flexibility index (Phi) is 5.48. The molecule has 2 heterocycles. The number of nitrogens with zero attached hydrogens (tertiary/aromatic N) is 1. The molecule has 1 aliphatic heterocycles. The molecule has 2 aromatic carbocycles. The van der Waals surface area contributed by atoms with E-state index in [9.17, 15) is 4.79 Å². The number of carbonyl (C=O) groups is 1. The summed E-state index contributed by atoms with van der Waals surface area (Å²) >= 11 is 0. The first-order chi connectivity index (χ1) is 13.7. The molecule has 0 saturated carbocycles. The van der Waals surface area contributed by atoms with Crippen molar-refractivity contribution >= 4 is 16.9 Å². The average Bonchev–Trinajstić information content (AvgIpc) is 3.11. The van der Waals surface area contributed by atoms with Crippen molar-refractivity contribution in [3.05, 3.63) is 59.9 Å². The van der Waals surface area contributed by atoms with Crippen LogP contribution >= 0.6 is 0 Å². The SMILES string of the molecule is COc1ccc2oc(C(=O)NN3CCCCC3)c(OCc3ccccc3)c2c1. The summed E-state index contributed by atoms with van der Waals surface area (Å²) in [6.45, 7) is 2.04. The normalized spacial score (nSPS) is 14.8. The van der Waals surface area contributed by atoms with Crippen LogP contribution in [0.2, 0.25) is 0 Å². The van der Waals surface area contributed by atoms with Gasteiger partial charge in [-0.1, -0.05) is 36.8 Å². The average molecular weight is 380 g/mol. The number of nitrogens with one attached hydrogen (secondary N) is 1. The molecule has 1 saturated heterocycles. The van der Waals surface area contributed by atoms with Crippen LogP contribution in [0.15, 0.2) is 52.9 Å². The zero-order valence-corrected chi connectivity index (χ0v) is 15.9. The number of amides is 1. The predicted octanol–water partition coefficient (Wildman–Crippen LogP) is 4.15. The lowest BCUT2D eigenvalue weighted by atomic mass is 10.2. The summed E-state index contributed by atoms with van der Waals surface area (Å²) in [5.41, 5.74) is 4.56. The molecule has 6 heteroatoms. The van der Waals surface area contributed by atoms with Gasteiger partial charge in [-0.3, -0.25) is 10.2 Å². The second-order valence-corrected chi connectivity index (χ2v) is 6.89. The number of carbonyl (C=O) groups excluding carboxylic acids is 1. The van der Waals surface area contributed by atoms with E-state index in [0.29, 0.717) is 23.7 Å². The smallest absolute Gasteiger partial charge is 0.305 e. The molecule has 0 atom stereocenters. The lowest BCUT2D eigenvalue weighted by Crippen LogP contribution is -2.45. The van der Waals surface area contributed by atoms with Crippen molar-refractivity contribution in [3.63, 3.8) is 0 Å². The van der Waals surface area contributed by atoms with Crippen LogP contribution < -0.4 is 14.9 Å². The van der Waals surface area contributed by atoms with E-state index < -0.39 is 0 Å². The monoisotopic (exact) mass is 380 g/mol. The van der Waals surface area contributed by atoms with Gasteiger partial charge in [-0.2, -0.15) is 0 Å². The largest absolute Gasteiger partial charge is 0.497 e. The number of hydrazine groups is 1. The molecule has 0 unspecified atom stereocenters. The van der Waals surface area contributed by atoms with Crippen LogP contribution in [0.3, 0.4) is 0 Å². The minimum absolute atomic E-state index is 0.185. The van der Waals surface area contributed by atoms with Gasteiger partial charge in [-0.25, -0.2) is 5.01 Å². The van der Waals surface area contributed by atoms with Gasteiger partial charge in [0.15, 0.2) is 5.75 Å². The number of furan rings is 1. The molecule has 0 bridgehead atoms. The van der Waals surface area contributed by atoms with Crippen LogP contribution in [-0.4, -0.2) is 31.1 Å². The Bertz CT molecular complexity index is 946. The molecule has 0 aliphatic carbocycles. The summed E-state index contributed by atoms with van der Waals surface area (Å²) in [5, 5.41) is 2.67. The minimum atomic E-state index is -0.292. The van der Waals surface area contributed by atoms with Crippen LogP contribution in [-0.2, 0) is 6.61 Å². The maximum atomic E-state index is 12.9. The number of rotatable bonds is 6. The molecule has 6 nitrogen and oxygen atoms in total. The Hall–Kier alpha value is -2.99. The van der Waals surface area contributed by atoms with Crippen molar-refractivity contribution in [2.75, 3.05) is 20.2 Å².